The number of benzene rings is 1. The lowest BCUT2D eigenvalue weighted by Crippen LogP contribution is -2.36. The van der Waals surface area contributed by atoms with Crippen molar-refractivity contribution in [1.29, 1.82) is 0 Å². The predicted molar refractivity (Wildman–Crippen MR) is 97.5 cm³/mol. The summed E-state index contributed by atoms with van der Waals surface area (Å²) in [6, 6.07) is 7.57. The molecular formula is C19H25N3O4. The Bertz CT molecular complexity index is 788. The smallest absolute Gasteiger partial charge is 0.410 e. The van der Waals surface area contributed by atoms with Crippen molar-refractivity contribution in [3.8, 4) is 11.8 Å². The molecule has 26 heavy (non-hydrogen) atoms. The zero-order valence-electron chi connectivity index (χ0n) is 15.7. The third-order valence-corrected chi connectivity index (χ3v) is 3.86. The van der Waals surface area contributed by atoms with E-state index in [4.69, 9.17) is 14.2 Å². The minimum Gasteiger partial charge on any atom is -0.474 e. The van der Waals surface area contributed by atoms with Crippen LogP contribution < -0.4 is 9.47 Å². The number of carbonyl (C=O) groups is 1. The molecular weight excluding hydrogens is 334 g/mol. The van der Waals surface area contributed by atoms with Crippen LogP contribution in [0.1, 0.15) is 34.1 Å². The van der Waals surface area contributed by atoms with E-state index in [0.29, 0.717) is 37.9 Å². The van der Waals surface area contributed by atoms with Crippen molar-refractivity contribution in [2.75, 3.05) is 19.7 Å². The normalized spacial score (nSPS) is 17.4. The number of nitrogens with zero attached hydrogens (tertiary/aromatic N) is 3. The highest BCUT2D eigenvalue weighted by atomic mass is 16.6. The van der Waals surface area contributed by atoms with Crippen LogP contribution in [0.4, 0.5) is 4.79 Å². The molecule has 1 aliphatic rings. The first kappa shape index (κ1) is 18.2. The Hall–Kier alpha value is -2.57. The average molecular weight is 359 g/mol. The van der Waals surface area contributed by atoms with Gasteiger partial charge in [0.25, 0.3) is 11.8 Å². The lowest BCUT2D eigenvalue weighted by Gasteiger charge is -2.24. The molecule has 1 fully saturated rings. The van der Waals surface area contributed by atoms with Gasteiger partial charge in [0.1, 0.15) is 11.7 Å². The fraction of sp³-hybridized carbons (Fsp3) is 0.526. The first-order valence-corrected chi connectivity index (χ1v) is 8.90. The van der Waals surface area contributed by atoms with Crippen LogP contribution in [0.3, 0.4) is 0 Å². The number of rotatable bonds is 4. The Morgan fingerprint density at radius 1 is 1.19 bits per heavy atom. The number of likely N-dealkylation sites (tertiary alicyclic amines) is 1. The van der Waals surface area contributed by atoms with E-state index in [1.165, 1.54) is 0 Å². The van der Waals surface area contributed by atoms with Crippen molar-refractivity contribution in [1.82, 2.24) is 14.9 Å². The number of amides is 1. The van der Waals surface area contributed by atoms with Gasteiger partial charge in [-0.2, -0.15) is 0 Å². The molecule has 1 saturated heterocycles. The summed E-state index contributed by atoms with van der Waals surface area (Å²) in [5.74, 6) is 0.739. The Morgan fingerprint density at radius 3 is 2.46 bits per heavy atom. The van der Waals surface area contributed by atoms with E-state index in [1.807, 2.05) is 52.0 Å². The van der Waals surface area contributed by atoms with Crippen molar-refractivity contribution in [3.05, 3.63) is 24.3 Å². The molecule has 2 heterocycles. The van der Waals surface area contributed by atoms with Crippen molar-refractivity contribution < 1.29 is 19.0 Å². The van der Waals surface area contributed by atoms with E-state index in [-0.39, 0.29) is 12.2 Å². The Kier molecular flexibility index (Phi) is 5.15. The molecule has 0 unspecified atom stereocenters. The van der Waals surface area contributed by atoms with Crippen molar-refractivity contribution >= 4 is 17.1 Å². The number of ether oxygens (including phenoxy) is 3. The summed E-state index contributed by atoms with van der Waals surface area (Å²) >= 11 is 0. The minimum atomic E-state index is -0.512. The van der Waals surface area contributed by atoms with Crippen LogP contribution in [0.25, 0.3) is 11.0 Å². The molecule has 1 aromatic heterocycles. The van der Waals surface area contributed by atoms with Gasteiger partial charge < -0.3 is 19.1 Å². The van der Waals surface area contributed by atoms with Gasteiger partial charge in [-0.25, -0.2) is 14.8 Å². The summed E-state index contributed by atoms with van der Waals surface area (Å²) in [7, 11) is 0. The monoisotopic (exact) mass is 359 g/mol. The molecule has 7 nitrogen and oxygen atoms in total. The van der Waals surface area contributed by atoms with E-state index in [0.717, 1.165) is 11.0 Å². The van der Waals surface area contributed by atoms with E-state index >= 15 is 0 Å². The molecule has 2 aromatic rings. The third-order valence-electron chi connectivity index (χ3n) is 3.86. The van der Waals surface area contributed by atoms with E-state index in [2.05, 4.69) is 9.97 Å². The standard InChI is InChI=1S/C19H25N3O4/c1-5-24-16-17(21-15-9-7-6-8-14(15)20-16)25-13-10-11-22(12-13)18(23)26-19(2,3)4/h6-9,13H,5,10-12H2,1-4H3/t13-/m0/s1. The summed E-state index contributed by atoms with van der Waals surface area (Å²) in [6.45, 7) is 8.97. The number of para-hydroxylation sites is 2. The van der Waals surface area contributed by atoms with Crippen LogP contribution in [-0.4, -0.2) is 52.4 Å². The zero-order valence-corrected chi connectivity index (χ0v) is 15.7. The molecule has 1 aliphatic heterocycles. The largest absolute Gasteiger partial charge is 0.474 e. The van der Waals surface area contributed by atoms with Gasteiger partial charge in [0.05, 0.1) is 24.2 Å². The average Bonchev–Trinajstić information content (AvgIpc) is 3.03. The molecule has 0 aliphatic carbocycles. The number of fused-ring (bicyclic) bond motifs is 1. The quantitative estimate of drug-likeness (QED) is 0.833. The second kappa shape index (κ2) is 7.35. The molecule has 140 valence electrons. The van der Waals surface area contributed by atoms with Gasteiger partial charge in [0.15, 0.2) is 0 Å². The number of aromatic nitrogens is 2. The van der Waals surface area contributed by atoms with Crippen LogP contribution >= 0.6 is 0 Å². The molecule has 0 bridgehead atoms. The van der Waals surface area contributed by atoms with Crippen molar-refractivity contribution in [3.63, 3.8) is 0 Å². The van der Waals surface area contributed by atoms with Crippen LogP contribution in [0.2, 0.25) is 0 Å². The molecule has 0 saturated carbocycles. The summed E-state index contributed by atoms with van der Waals surface area (Å²) in [5, 5.41) is 0. The third kappa shape index (κ3) is 4.33. The van der Waals surface area contributed by atoms with Crippen LogP contribution in [0.5, 0.6) is 11.8 Å². The van der Waals surface area contributed by atoms with Gasteiger partial charge in [-0.1, -0.05) is 12.1 Å². The number of hydrogen-bond donors (Lipinski definition) is 0. The summed E-state index contributed by atoms with van der Waals surface area (Å²) in [4.78, 5) is 22.9. The number of carbonyl (C=O) groups excluding carboxylic acids is 1. The van der Waals surface area contributed by atoms with Gasteiger partial charge in [0.2, 0.25) is 0 Å². The fourth-order valence-corrected chi connectivity index (χ4v) is 2.75. The van der Waals surface area contributed by atoms with Gasteiger partial charge in [-0.15, -0.1) is 0 Å². The lowest BCUT2D eigenvalue weighted by atomic mass is 10.2. The highest BCUT2D eigenvalue weighted by molar-refractivity contribution is 5.75. The maximum Gasteiger partial charge on any atom is 0.410 e. The molecule has 3 rings (SSSR count). The number of hydrogen-bond acceptors (Lipinski definition) is 6. The minimum absolute atomic E-state index is 0.169. The van der Waals surface area contributed by atoms with Crippen LogP contribution in [-0.2, 0) is 4.74 Å². The van der Waals surface area contributed by atoms with Crippen LogP contribution in [0, 0.1) is 0 Å². The summed E-state index contributed by atoms with van der Waals surface area (Å²) in [5.41, 5.74) is 0.986. The molecule has 1 atom stereocenters. The predicted octanol–water partition coefficient (Wildman–Crippen LogP) is 3.42. The maximum absolute atomic E-state index is 12.2. The fourth-order valence-electron chi connectivity index (χ4n) is 2.75. The van der Waals surface area contributed by atoms with Gasteiger partial charge in [0, 0.05) is 13.0 Å². The summed E-state index contributed by atoms with van der Waals surface area (Å²) in [6.07, 6.45) is 0.217. The molecule has 0 radical (unpaired) electrons. The topological polar surface area (TPSA) is 73.8 Å². The summed E-state index contributed by atoms with van der Waals surface area (Å²) < 4.78 is 17.0. The second-order valence-corrected chi connectivity index (χ2v) is 7.21. The maximum atomic E-state index is 12.2. The second-order valence-electron chi connectivity index (χ2n) is 7.21. The first-order chi connectivity index (χ1) is 12.4. The Morgan fingerprint density at radius 2 is 1.85 bits per heavy atom. The molecule has 1 amide bonds. The van der Waals surface area contributed by atoms with Crippen LogP contribution in [0.15, 0.2) is 24.3 Å². The highest BCUT2D eigenvalue weighted by Crippen LogP contribution is 2.28. The zero-order chi connectivity index (χ0) is 18.7. The van der Waals surface area contributed by atoms with E-state index < -0.39 is 5.60 Å². The van der Waals surface area contributed by atoms with Gasteiger partial charge >= 0.3 is 6.09 Å². The van der Waals surface area contributed by atoms with Crippen molar-refractivity contribution in [2.45, 2.75) is 45.8 Å². The Labute approximate surface area is 153 Å². The van der Waals surface area contributed by atoms with Gasteiger partial charge in [-0.3, -0.25) is 0 Å². The SMILES string of the molecule is CCOc1nc2ccccc2nc1O[C@H]1CCN(C(=O)OC(C)(C)C)C1. The molecule has 1 aromatic carbocycles. The Balaban J connectivity index is 1.73. The van der Waals surface area contributed by atoms with E-state index in [1.54, 1.807) is 4.90 Å². The molecule has 7 heteroatoms. The molecule has 0 N–H and O–H groups in total. The van der Waals surface area contributed by atoms with Crippen molar-refractivity contribution in [2.24, 2.45) is 0 Å². The first-order valence-electron chi connectivity index (χ1n) is 8.90. The van der Waals surface area contributed by atoms with E-state index in [9.17, 15) is 4.79 Å². The van der Waals surface area contributed by atoms with Gasteiger partial charge in [-0.05, 0) is 39.8 Å². The highest BCUT2D eigenvalue weighted by Gasteiger charge is 2.32. The molecule has 0 spiro atoms. The lowest BCUT2D eigenvalue weighted by molar-refractivity contribution is 0.0274.